The lowest BCUT2D eigenvalue weighted by Crippen LogP contribution is -2.25. The highest BCUT2D eigenvalue weighted by Gasteiger charge is 2.19. The molecule has 86 valence electrons. The van der Waals surface area contributed by atoms with Gasteiger partial charge in [0.15, 0.2) is 0 Å². The maximum Gasteiger partial charge on any atom is 0.334 e. The van der Waals surface area contributed by atoms with Gasteiger partial charge in [-0.05, 0) is 46.5 Å². The Morgan fingerprint density at radius 2 is 1.87 bits per heavy atom. The van der Waals surface area contributed by atoms with Crippen molar-refractivity contribution < 1.29 is 9.53 Å². The van der Waals surface area contributed by atoms with Gasteiger partial charge in [-0.15, -0.1) is 0 Å². The molecular formula is C13H22O2. The van der Waals surface area contributed by atoms with Gasteiger partial charge in [0.05, 0.1) is 0 Å². The van der Waals surface area contributed by atoms with Gasteiger partial charge in [0.25, 0.3) is 0 Å². The highest BCUT2D eigenvalue weighted by molar-refractivity contribution is 5.88. The van der Waals surface area contributed by atoms with Crippen LogP contribution in [0, 0.1) is 0 Å². The number of carbonyl (C=O) groups is 1. The number of hydrogen-bond acceptors (Lipinski definition) is 2. The van der Waals surface area contributed by atoms with E-state index in [9.17, 15) is 4.79 Å². The Balaban J connectivity index is 2.56. The lowest BCUT2D eigenvalue weighted by atomic mass is 10.00. The molecule has 0 spiro atoms. The number of hydrogen-bond donors (Lipinski definition) is 0. The molecule has 2 nitrogen and oxygen atoms in total. The van der Waals surface area contributed by atoms with Crippen LogP contribution in [0.25, 0.3) is 0 Å². The Kier molecular flexibility index (Phi) is 4.37. The van der Waals surface area contributed by atoms with Crippen LogP contribution in [0.4, 0.5) is 0 Å². The van der Waals surface area contributed by atoms with Crippen molar-refractivity contribution in [3.05, 3.63) is 11.6 Å². The number of carbonyl (C=O) groups excluding carboxylic acids is 1. The summed E-state index contributed by atoms with van der Waals surface area (Å²) < 4.78 is 5.37. The molecule has 0 aromatic heterocycles. The van der Waals surface area contributed by atoms with Gasteiger partial charge in [-0.1, -0.05) is 18.9 Å². The molecule has 0 bridgehead atoms. The van der Waals surface area contributed by atoms with E-state index >= 15 is 0 Å². The third kappa shape index (κ3) is 5.01. The monoisotopic (exact) mass is 210 g/mol. The van der Waals surface area contributed by atoms with E-state index in [1.807, 2.05) is 20.8 Å². The molecule has 0 aromatic rings. The third-order valence-electron chi connectivity index (χ3n) is 2.45. The summed E-state index contributed by atoms with van der Waals surface area (Å²) >= 11 is 0. The first-order valence-corrected chi connectivity index (χ1v) is 5.91. The largest absolute Gasteiger partial charge is 0.457 e. The van der Waals surface area contributed by atoms with Crippen molar-refractivity contribution in [2.75, 3.05) is 0 Å². The van der Waals surface area contributed by atoms with Crippen molar-refractivity contribution in [2.24, 2.45) is 0 Å². The standard InChI is InChI=1S/C13H22O2/c1-13(2,3)15-12(14)11-9-7-5-4-6-8-10-11/h9H,4-8,10H2,1-3H3. The fourth-order valence-electron chi connectivity index (χ4n) is 1.72. The predicted octanol–water partition coefficient (Wildman–Crippen LogP) is 3.61. The summed E-state index contributed by atoms with van der Waals surface area (Å²) in [5, 5.41) is 0. The zero-order valence-corrected chi connectivity index (χ0v) is 10.1. The highest BCUT2D eigenvalue weighted by atomic mass is 16.6. The van der Waals surface area contributed by atoms with Crippen molar-refractivity contribution in [3.63, 3.8) is 0 Å². The Bertz CT molecular complexity index is 246. The minimum absolute atomic E-state index is 0.121. The van der Waals surface area contributed by atoms with E-state index in [0.717, 1.165) is 24.8 Å². The van der Waals surface area contributed by atoms with Crippen molar-refractivity contribution in [1.29, 1.82) is 0 Å². The van der Waals surface area contributed by atoms with Crippen LogP contribution in [0.15, 0.2) is 11.6 Å². The van der Waals surface area contributed by atoms with Gasteiger partial charge in [-0.2, -0.15) is 0 Å². The maximum absolute atomic E-state index is 11.8. The third-order valence-corrected chi connectivity index (χ3v) is 2.45. The summed E-state index contributed by atoms with van der Waals surface area (Å²) in [5.74, 6) is -0.121. The normalized spacial score (nSPS) is 18.7. The zero-order chi connectivity index (χ0) is 11.3. The zero-order valence-electron chi connectivity index (χ0n) is 10.1. The van der Waals surface area contributed by atoms with Gasteiger partial charge >= 0.3 is 5.97 Å². The minimum Gasteiger partial charge on any atom is -0.457 e. The van der Waals surface area contributed by atoms with Gasteiger partial charge in [-0.25, -0.2) is 4.79 Å². The molecule has 2 heteroatoms. The van der Waals surface area contributed by atoms with E-state index in [2.05, 4.69) is 6.08 Å². The number of allylic oxidation sites excluding steroid dienone is 1. The van der Waals surface area contributed by atoms with Gasteiger partial charge in [0.2, 0.25) is 0 Å². The second kappa shape index (κ2) is 5.34. The number of ether oxygens (including phenoxy) is 1. The average Bonchev–Trinajstić information content (AvgIpc) is 1.98. The van der Waals surface area contributed by atoms with Crippen molar-refractivity contribution in [3.8, 4) is 0 Å². The molecular weight excluding hydrogens is 188 g/mol. The van der Waals surface area contributed by atoms with E-state index in [4.69, 9.17) is 4.74 Å². The highest BCUT2D eigenvalue weighted by Crippen LogP contribution is 2.20. The summed E-state index contributed by atoms with van der Waals surface area (Å²) in [6, 6.07) is 0. The van der Waals surface area contributed by atoms with E-state index in [-0.39, 0.29) is 11.6 Å². The summed E-state index contributed by atoms with van der Waals surface area (Å²) in [7, 11) is 0. The molecule has 1 rings (SSSR count). The Hall–Kier alpha value is -0.790. The fourth-order valence-corrected chi connectivity index (χ4v) is 1.72. The van der Waals surface area contributed by atoms with E-state index in [1.165, 1.54) is 19.3 Å². The molecule has 0 radical (unpaired) electrons. The molecule has 0 heterocycles. The van der Waals surface area contributed by atoms with Gasteiger partial charge in [-0.3, -0.25) is 0 Å². The lowest BCUT2D eigenvalue weighted by Gasteiger charge is -2.21. The van der Waals surface area contributed by atoms with Crippen LogP contribution in [0.3, 0.4) is 0 Å². The quantitative estimate of drug-likeness (QED) is 0.618. The minimum atomic E-state index is -0.375. The molecule has 0 saturated heterocycles. The first-order chi connectivity index (χ1) is 6.99. The van der Waals surface area contributed by atoms with Crippen LogP contribution in [-0.4, -0.2) is 11.6 Å². The number of rotatable bonds is 1. The summed E-state index contributed by atoms with van der Waals surface area (Å²) in [5.41, 5.74) is 0.505. The maximum atomic E-state index is 11.8. The second-order valence-electron chi connectivity index (χ2n) is 5.18. The molecule has 0 unspecified atom stereocenters. The van der Waals surface area contributed by atoms with Gasteiger partial charge in [0, 0.05) is 5.57 Å². The predicted molar refractivity (Wildman–Crippen MR) is 61.6 cm³/mol. The van der Waals surface area contributed by atoms with E-state index in [0.29, 0.717) is 0 Å². The molecule has 1 aliphatic rings. The molecule has 15 heavy (non-hydrogen) atoms. The van der Waals surface area contributed by atoms with Gasteiger partial charge < -0.3 is 4.74 Å². The second-order valence-corrected chi connectivity index (χ2v) is 5.18. The molecule has 0 atom stereocenters. The van der Waals surface area contributed by atoms with Crippen LogP contribution >= 0.6 is 0 Å². The molecule has 0 fully saturated rings. The van der Waals surface area contributed by atoms with E-state index < -0.39 is 0 Å². The van der Waals surface area contributed by atoms with Crippen LogP contribution in [0.2, 0.25) is 0 Å². The van der Waals surface area contributed by atoms with Crippen LogP contribution in [0.1, 0.15) is 59.3 Å². The lowest BCUT2D eigenvalue weighted by molar-refractivity contribution is -0.150. The summed E-state index contributed by atoms with van der Waals surface area (Å²) in [6.45, 7) is 5.73. The van der Waals surface area contributed by atoms with Crippen LogP contribution < -0.4 is 0 Å². The van der Waals surface area contributed by atoms with Crippen molar-refractivity contribution >= 4 is 5.97 Å². The first kappa shape index (κ1) is 12.3. The molecule has 0 aliphatic heterocycles. The number of esters is 1. The molecule has 0 saturated carbocycles. The smallest absolute Gasteiger partial charge is 0.334 e. The summed E-state index contributed by atoms with van der Waals surface area (Å²) in [6.07, 6.45) is 8.81. The van der Waals surface area contributed by atoms with Crippen LogP contribution in [-0.2, 0) is 9.53 Å². The fraction of sp³-hybridized carbons (Fsp3) is 0.769. The Morgan fingerprint density at radius 3 is 2.53 bits per heavy atom. The van der Waals surface area contributed by atoms with Crippen molar-refractivity contribution in [1.82, 2.24) is 0 Å². The SMILES string of the molecule is CC(C)(C)OC(=O)C1=CCCCCCC1. The first-order valence-electron chi connectivity index (χ1n) is 5.91. The van der Waals surface area contributed by atoms with Gasteiger partial charge in [0.1, 0.15) is 5.60 Å². The molecule has 0 aromatic carbocycles. The Morgan fingerprint density at radius 1 is 1.20 bits per heavy atom. The molecule has 1 aliphatic carbocycles. The molecule has 0 amide bonds. The van der Waals surface area contributed by atoms with E-state index in [1.54, 1.807) is 0 Å². The van der Waals surface area contributed by atoms with Crippen LogP contribution in [0.5, 0.6) is 0 Å². The van der Waals surface area contributed by atoms with Crippen molar-refractivity contribution in [2.45, 2.75) is 64.9 Å². The topological polar surface area (TPSA) is 26.3 Å². The molecule has 0 N–H and O–H groups in total. The summed E-state index contributed by atoms with van der Waals surface area (Å²) in [4.78, 5) is 11.8. The Labute approximate surface area is 92.7 Å². The average molecular weight is 210 g/mol.